The van der Waals surface area contributed by atoms with Crippen LogP contribution in [-0.2, 0) is 10.0 Å². The van der Waals surface area contributed by atoms with Gasteiger partial charge in [0.25, 0.3) is 0 Å². The fraction of sp³-hybridized carbons (Fsp3) is 0.400. The van der Waals surface area contributed by atoms with Gasteiger partial charge in [-0.15, -0.1) is 0 Å². The number of nitrogens with zero attached hydrogens (tertiary/aromatic N) is 1. The highest BCUT2D eigenvalue weighted by atomic mass is 32.2. The molecule has 21 heavy (non-hydrogen) atoms. The minimum atomic E-state index is -3.37. The van der Waals surface area contributed by atoms with Crippen molar-refractivity contribution in [1.29, 1.82) is 0 Å². The summed E-state index contributed by atoms with van der Waals surface area (Å²) in [6, 6.07) is 9.39. The number of hydrogen-bond acceptors (Lipinski definition) is 4. The van der Waals surface area contributed by atoms with Crippen molar-refractivity contribution in [2.45, 2.75) is 25.8 Å². The summed E-state index contributed by atoms with van der Waals surface area (Å²) < 4.78 is 27.4. The van der Waals surface area contributed by atoms with Gasteiger partial charge in [-0.05, 0) is 38.4 Å². The molecule has 0 radical (unpaired) electrons. The van der Waals surface area contributed by atoms with Gasteiger partial charge in [0.2, 0.25) is 10.0 Å². The topological polar surface area (TPSA) is 71.1 Å². The van der Waals surface area contributed by atoms with Crippen molar-refractivity contribution in [3.8, 4) is 0 Å². The zero-order chi connectivity index (χ0) is 14.9. The van der Waals surface area contributed by atoms with Crippen molar-refractivity contribution in [2.24, 2.45) is 0 Å². The second kappa shape index (κ2) is 5.61. The number of aromatic nitrogens is 1. The molecule has 2 aromatic rings. The van der Waals surface area contributed by atoms with Crippen LogP contribution in [0, 0.1) is 6.92 Å². The first-order chi connectivity index (χ1) is 10.0. The summed E-state index contributed by atoms with van der Waals surface area (Å²) in [5.74, 6) is 0.114. The monoisotopic (exact) mass is 305 g/mol. The van der Waals surface area contributed by atoms with Gasteiger partial charge < -0.3 is 5.32 Å². The van der Waals surface area contributed by atoms with E-state index in [0.29, 0.717) is 5.69 Å². The third-order valence-electron chi connectivity index (χ3n) is 3.69. The van der Waals surface area contributed by atoms with Crippen LogP contribution in [0.15, 0.2) is 30.3 Å². The fourth-order valence-electron chi connectivity index (χ4n) is 2.77. The van der Waals surface area contributed by atoms with E-state index >= 15 is 0 Å². The Morgan fingerprint density at radius 1 is 1.38 bits per heavy atom. The fourth-order valence-corrected chi connectivity index (χ4v) is 4.17. The Labute approximate surface area is 124 Å². The lowest BCUT2D eigenvalue weighted by Gasteiger charge is -2.14. The second-order valence-electron chi connectivity index (χ2n) is 5.51. The zero-order valence-corrected chi connectivity index (χ0v) is 12.8. The Kier molecular flexibility index (Phi) is 3.82. The van der Waals surface area contributed by atoms with Crippen molar-refractivity contribution in [1.82, 2.24) is 10.3 Å². The number of aryl methyl sites for hydroxylation is 1. The Balaban J connectivity index is 1.90. The molecule has 1 saturated heterocycles. The highest BCUT2D eigenvalue weighted by molar-refractivity contribution is 7.92. The molecule has 0 bridgehead atoms. The minimum Gasteiger partial charge on any atom is -0.313 e. The van der Waals surface area contributed by atoms with Crippen molar-refractivity contribution in [2.75, 3.05) is 17.0 Å². The van der Waals surface area contributed by atoms with E-state index < -0.39 is 10.0 Å². The molecule has 0 amide bonds. The van der Waals surface area contributed by atoms with E-state index in [0.717, 1.165) is 36.0 Å². The summed E-state index contributed by atoms with van der Waals surface area (Å²) in [4.78, 5) is 4.42. The molecule has 0 saturated carbocycles. The maximum Gasteiger partial charge on any atom is 0.234 e. The molecule has 6 heteroatoms. The predicted octanol–water partition coefficient (Wildman–Crippen LogP) is 2.04. The molecule has 1 aliphatic heterocycles. The maximum atomic E-state index is 12.3. The van der Waals surface area contributed by atoms with Crippen LogP contribution in [0.4, 0.5) is 5.69 Å². The van der Waals surface area contributed by atoms with Gasteiger partial charge >= 0.3 is 0 Å². The van der Waals surface area contributed by atoms with E-state index in [2.05, 4.69) is 15.0 Å². The summed E-state index contributed by atoms with van der Waals surface area (Å²) in [5.41, 5.74) is 2.20. The molecule has 0 spiro atoms. The quantitative estimate of drug-likeness (QED) is 0.907. The average Bonchev–Trinajstić information content (AvgIpc) is 2.90. The number of hydrogen-bond donors (Lipinski definition) is 2. The van der Waals surface area contributed by atoms with Gasteiger partial charge in [0, 0.05) is 17.1 Å². The number of rotatable bonds is 4. The van der Waals surface area contributed by atoms with Crippen LogP contribution in [0.3, 0.4) is 0 Å². The van der Waals surface area contributed by atoms with Gasteiger partial charge in [0.05, 0.1) is 17.0 Å². The molecule has 5 nitrogen and oxygen atoms in total. The summed E-state index contributed by atoms with van der Waals surface area (Å²) in [6.45, 7) is 2.76. The van der Waals surface area contributed by atoms with Crippen LogP contribution >= 0.6 is 0 Å². The first-order valence-electron chi connectivity index (χ1n) is 7.14. The number of benzene rings is 1. The molecule has 2 heterocycles. The number of para-hydroxylation sites is 1. The summed E-state index contributed by atoms with van der Waals surface area (Å²) >= 11 is 0. The molecule has 112 valence electrons. The molecule has 0 aliphatic carbocycles. The molecule has 1 aromatic carbocycles. The molecule has 1 aromatic heterocycles. The van der Waals surface area contributed by atoms with E-state index in [4.69, 9.17) is 0 Å². The van der Waals surface area contributed by atoms with Crippen LogP contribution in [0.2, 0.25) is 0 Å². The Morgan fingerprint density at radius 3 is 2.95 bits per heavy atom. The van der Waals surface area contributed by atoms with Crippen molar-refractivity contribution in [3.63, 3.8) is 0 Å². The molecule has 1 atom stereocenters. The van der Waals surface area contributed by atoms with Crippen LogP contribution in [-0.4, -0.2) is 31.7 Å². The minimum absolute atomic E-state index is 0.0525. The molecular weight excluding hydrogens is 286 g/mol. The Bertz CT molecular complexity index is 753. The molecule has 1 unspecified atom stereocenters. The number of fused-ring (bicyclic) bond motifs is 1. The number of pyridine rings is 1. The highest BCUT2D eigenvalue weighted by Gasteiger charge is 2.22. The first kappa shape index (κ1) is 14.3. The van der Waals surface area contributed by atoms with Crippen molar-refractivity contribution >= 4 is 26.6 Å². The molecule has 1 aliphatic rings. The average molecular weight is 305 g/mol. The Hall–Kier alpha value is -1.66. The predicted molar refractivity (Wildman–Crippen MR) is 84.9 cm³/mol. The SMILES string of the molecule is Cc1cc(NS(=O)(=O)CC2CCCN2)c2ccccc2n1. The maximum absolute atomic E-state index is 12.3. The van der Waals surface area contributed by atoms with Crippen LogP contribution in [0.25, 0.3) is 10.9 Å². The van der Waals surface area contributed by atoms with E-state index in [1.54, 1.807) is 6.07 Å². The van der Waals surface area contributed by atoms with Gasteiger partial charge in [-0.25, -0.2) is 8.42 Å². The first-order valence-corrected chi connectivity index (χ1v) is 8.79. The standard InChI is InChI=1S/C15H19N3O2S/c1-11-9-15(13-6-2-3-7-14(13)17-11)18-21(19,20)10-12-5-4-8-16-12/h2-3,6-7,9,12,16H,4-5,8,10H2,1H3,(H,17,18). The van der Waals surface area contributed by atoms with E-state index in [9.17, 15) is 8.42 Å². The number of anilines is 1. The van der Waals surface area contributed by atoms with Gasteiger partial charge in [0.1, 0.15) is 0 Å². The lowest BCUT2D eigenvalue weighted by Crippen LogP contribution is -2.32. The largest absolute Gasteiger partial charge is 0.313 e. The van der Waals surface area contributed by atoms with Gasteiger partial charge in [0.15, 0.2) is 0 Å². The zero-order valence-electron chi connectivity index (χ0n) is 12.0. The third kappa shape index (κ3) is 3.33. The van der Waals surface area contributed by atoms with Crippen molar-refractivity contribution in [3.05, 3.63) is 36.0 Å². The van der Waals surface area contributed by atoms with E-state index in [-0.39, 0.29) is 11.8 Å². The molecule has 2 N–H and O–H groups in total. The molecular formula is C15H19N3O2S. The van der Waals surface area contributed by atoms with Crippen LogP contribution in [0.5, 0.6) is 0 Å². The number of nitrogens with one attached hydrogen (secondary N) is 2. The van der Waals surface area contributed by atoms with E-state index in [1.807, 2.05) is 31.2 Å². The van der Waals surface area contributed by atoms with E-state index in [1.165, 1.54) is 0 Å². The van der Waals surface area contributed by atoms with Crippen LogP contribution in [0.1, 0.15) is 18.5 Å². The smallest absolute Gasteiger partial charge is 0.234 e. The Morgan fingerprint density at radius 2 is 2.19 bits per heavy atom. The number of sulfonamides is 1. The summed E-state index contributed by atoms with van der Waals surface area (Å²) in [7, 11) is -3.37. The lowest BCUT2D eigenvalue weighted by atomic mass is 10.2. The van der Waals surface area contributed by atoms with Crippen molar-refractivity contribution < 1.29 is 8.42 Å². The lowest BCUT2D eigenvalue weighted by molar-refractivity contribution is 0.582. The summed E-state index contributed by atoms with van der Waals surface area (Å²) in [5, 5.41) is 4.04. The third-order valence-corrected chi connectivity index (χ3v) is 5.06. The second-order valence-corrected chi connectivity index (χ2v) is 7.27. The highest BCUT2D eigenvalue weighted by Crippen LogP contribution is 2.24. The van der Waals surface area contributed by atoms with Gasteiger partial charge in [-0.3, -0.25) is 9.71 Å². The molecule has 1 fully saturated rings. The van der Waals surface area contributed by atoms with Crippen LogP contribution < -0.4 is 10.0 Å². The van der Waals surface area contributed by atoms with Gasteiger partial charge in [-0.2, -0.15) is 0 Å². The normalized spacial score (nSPS) is 19.0. The molecule has 3 rings (SSSR count). The van der Waals surface area contributed by atoms with Gasteiger partial charge in [-0.1, -0.05) is 18.2 Å². The summed E-state index contributed by atoms with van der Waals surface area (Å²) in [6.07, 6.45) is 1.95.